The molecule has 5 heteroatoms. The van der Waals surface area contributed by atoms with E-state index in [-0.39, 0.29) is 18.3 Å². The molecule has 3 rings (SSSR count). The molecule has 1 aliphatic rings. The van der Waals surface area contributed by atoms with Gasteiger partial charge < -0.3 is 14.0 Å². The maximum atomic E-state index is 6.10. The van der Waals surface area contributed by atoms with Crippen LogP contribution in [0, 0.1) is 0 Å². The summed E-state index contributed by atoms with van der Waals surface area (Å²) in [5.74, 6) is 0.866. The molecule has 22 heavy (non-hydrogen) atoms. The van der Waals surface area contributed by atoms with Gasteiger partial charge in [-0.15, -0.1) is 0 Å². The number of methoxy groups -OCH3 is 1. The average Bonchev–Trinajstić information content (AvgIpc) is 3.03. The minimum atomic E-state index is -0.304. The number of hydrogen-bond acceptors (Lipinski definition) is 4. The van der Waals surface area contributed by atoms with E-state index in [1.165, 1.54) is 11.1 Å². The molecule has 0 radical (unpaired) electrons. The van der Waals surface area contributed by atoms with Gasteiger partial charge in [-0.25, -0.2) is 0 Å². The summed E-state index contributed by atoms with van der Waals surface area (Å²) in [6.07, 6.45) is 0. The summed E-state index contributed by atoms with van der Waals surface area (Å²) in [5.41, 5.74) is 1.74. The summed E-state index contributed by atoms with van der Waals surface area (Å²) in [4.78, 5) is 0. The number of hydrogen-bond donors (Lipinski definition) is 0. The number of benzene rings is 1. The Bertz CT molecular complexity index is 645. The minimum absolute atomic E-state index is 0.290. The first-order valence-corrected chi connectivity index (χ1v) is 8.29. The van der Waals surface area contributed by atoms with Gasteiger partial charge in [0.2, 0.25) is 0 Å². The second-order valence-electron chi connectivity index (χ2n) is 6.55. The van der Waals surface area contributed by atoms with Gasteiger partial charge in [0.25, 0.3) is 0 Å². The van der Waals surface area contributed by atoms with Crippen molar-refractivity contribution in [1.82, 2.24) is 0 Å². The standard InChI is InChI=1S/C17H21BO3S/c1-16(2)17(3,4)21-18(20-16)15-10-13(11-22-15)12-6-8-14(19-5)9-7-12/h6-11H,1-5H3. The first kappa shape index (κ1) is 15.6. The summed E-state index contributed by atoms with van der Waals surface area (Å²) >= 11 is 1.67. The van der Waals surface area contributed by atoms with Gasteiger partial charge in [-0.2, -0.15) is 11.3 Å². The largest absolute Gasteiger partial charge is 0.505 e. The van der Waals surface area contributed by atoms with Gasteiger partial charge in [0.05, 0.1) is 18.3 Å². The monoisotopic (exact) mass is 316 g/mol. The van der Waals surface area contributed by atoms with E-state index in [4.69, 9.17) is 14.0 Å². The molecular weight excluding hydrogens is 295 g/mol. The van der Waals surface area contributed by atoms with Crippen LogP contribution in [0.1, 0.15) is 27.7 Å². The van der Waals surface area contributed by atoms with E-state index in [1.807, 2.05) is 12.1 Å². The van der Waals surface area contributed by atoms with Crippen LogP contribution >= 0.6 is 11.3 Å². The van der Waals surface area contributed by atoms with Crippen LogP contribution in [-0.4, -0.2) is 25.4 Å². The molecule has 0 spiro atoms. The van der Waals surface area contributed by atoms with E-state index < -0.39 is 0 Å². The van der Waals surface area contributed by atoms with Crippen LogP contribution in [0.3, 0.4) is 0 Å². The van der Waals surface area contributed by atoms with Crippen LogP contribution in [0.2, 0.25) is 0 Å². The van der Waals surface area contributed by atoms with E-state index in [9.17, 15) is 0 Å². The molecule has 1 aromatic carbocycles. The molecule has 0 atom stereocenters. The predicted octanol–water partition coefficient (Wildman–Crippen LogP) is 3.72. The molecule has 116 valence electrons. The fraction of sp³-hybridized carbons (Fsp3) is 0.412. The second kappa shape index (κ2) is 5.41. The van der Waals surface area contributed by atoms with Crippen LogP contribution in [0.25, 0.3) is 11.1 Å². The summed E-state index contributed by atoms with van der Waals surface area (Å²) < 4.78 is 18.5. The molecular formula is C17H21BO3S. The molecule has 0 aliphatic carbocycles. The quantitative estimate of drug-likeness (QED) is 0.808. The zero-order valence-electron chi connectivity index (χ0n) is 13.7. The lowest BCUT2D eigenvalue weighted by atomic mass is 9.87. The van der Waals surface area contributed by atoms with Gasteiger partial charge in [-0.3, -0.25) is 0 Å². The fourth-order valence-corrected chi connectivity index (χ4v) is 3.24. The summed E-state index contributed by atoms with van der Waals surface area (Å²) in [7, 11) is 1.39. The molecule has 1 aliphatic heterocycles. The smallest absolute Gasteiger partial charge is 0.497 e. The van der Waals surface area contributed by atoms with Gasteiger partial charge in [-0.1, -0.05) is 12.1 Å². The highest BCUT2D eigenvalue weighted by molar-refractivity contribution is 7.21. The third kappa shape index (κ3) is 2.69. The zero-order valence-corrected chi connectivity index (χ0v) is 14.5. The van der Waals surface area contributed by atoms with E-state index in [1.54, 1.807) is 18.4 Å². The number of ether oxygens (including phenoxy) is 1. The van der Waals surface area contributed by atoms with Gasteiger partial charge in [0, 0.05) is 4.78 Å². The topological polar surface area (TPSA) is 27.7 Å². The highest BCUT2D eigenvalue weighted by Crippen LogP contribution is 2.37. The van der Waals surface area contributed by atoms with Gasteiger partial charge in [-0.05, 0) is 62.4 Å². The molecule has 1 aromatic heterocycles. The third-order valence-electron chi connectivity index (χ3n) is 4.53. The van der Waals surface area contributed by atoms with Crippen LogP contribution in [0.4, 0.5) is 0 Å². The Labute approximate surface area is 136 Å². The van der Waals surface area contributed by atoms with Crippen LogP contribution in [-0.2, 0) is 9.31 Å². The molecule has 0 N–H and O–H groups in total. The Morgan fingerprint density at radius 3 is 2.09 bits per heavy atom. The van der Waals surface area contributed by atoms with Crippen LogP contribution in [0.5, 0.6) is 5.75 Å². The van der Waals surface area contributed by atoms with E-state index >= 15 is 0 Å². The first-order chi connectivity index (χ1) is 10.3. The SMILES string of the molecule is COc1ccc(-c2csc(B3OC(C)(C)C(C)(C)O3)c2)cc1. The van der Waals surface area contributed by atoms with Crippen molar-refractivity contribution in [3.05, 3.63) is 35.7 Å². The molecule has 2 aromatic rings. The van der Waals surface area contributed by atoms with Gasteiger partial charge in [0.1, 0.15) is 5.75 Å². The van der Waals surface area contributed by atoms with E-state index in [2.05, 4.69) is 51.3 Å². The Hall–Kier alpha value is -1.30. The van der Waals surface area contributed by atoms with Crippen molar-refractivity contribution >= 4 is 23.2 Å². The lowest BCUT2D eigenvalue weighted by Gasteiger charge is -2.32. The maximum Gasteiger partial charge on any atom is 0.505 e. The summed E-state index contributed by atoms with van der Waals surface area (Å²) in [6.45, 7) is 8.30. The molecule has 2 heterocycles. The lowest BCUT2D eigenvalue weighted by molar-refractivity contribution is 0.00578. The van der Waals surface area contributed by atoms with Crippen molar-refractivity contribution in [3.63, 3.8) is 0 Å². The highest BCUT2D eigenvalue weighted by Gasteiger charge is 2.52. The molecule has 0 unspecified atom stereocenters. The van der Waals surface area contributed by atoms with Crippen LogP contribution < -0.4 is 9.51 Å². The third-order valence-corrected chi connectivity index (χ3v) is 5.48. The molecule has 0 saturated carbocycles. The van der Waals surface area contributed by atoms with Crippen molar-refractivity contribution in [3.8, 4) is 16.9 Å². The van der Waals surface area contributed by atoms with Gasteiger partial charge in [0.15, 0.2) is 0 Å². The molecule has 1 fully saturated rings. The van der Waals surface area contributed by atoms with E-state index in [0.29, 0.717) is 0 Å². The lowest BCUT2D eigenvalue weighted by Crippen LogP contribution is -2.41. The van der Waals surface area contributed by atoms with Gasteiger partial charge >= 0.3 is 7.12 Å². The summed E-state index contributed by atoms with van der Waals surface area (Å²) in [6, 6.07) is 10.2. The Morgan fingerprint density at radius 1 is 0.955 bits per heavy atom. The second-order valence-corrected chi connectivity index (χ2v) is 7.50. The molecule has 1 saturated heterocycles. The fourth-order valence-electron chi connectivity index (χ4n) is 2.37. The molecule has 0 bridgehead atoms. The van der Waals surface area contributed by atoms with E-state index in [0.717, 1.165) is 10.5 Å². The minimum Gasteiger partial charge on any atom is -0.497 e. The maximum absolute atomic E-state index is 6.10. The number of rotatable bonds is 3. The molecule has 0 amide bonds. The Kier molecular flexibility index (Phi) is 3.83. The first-order valence-electron chi connectivity index (χ1n) is 7.41. The predicted molar refractivity (Wildman–Crippen MR) is 92.0 cm³/mol. The van der Waals surface area contributed by atoms with Crippen molar-refractivity contribution in [2.24, 2.45) is 0 Å². The Morgan fingerprint density at radius 2 is 1.55 bits per heavy atom. The highest BCUT2D eigenvalue weighted by atomic mass is 32.1. The Balaban J connectivity index is 1.82. The normalized spacial score (nSPS) is 19.4. The number of thiophene rings is 1. The zero-order chi connectivity index (χ0) is 16.0. The van der Waals surface area contributed by atoms with Crippen molar-refractivity contribution in [1.29, 1.82) is 0 Å². The van der Waals surface area contributed by atoms with Crippen molar-refractivity contribution < 1.29 is 14.0 Å². The van der Waals surface area contributed by atoms with Crippen molar-refractivity contribution in [2.45, 2.75) is 38.9 Å². The summed E-state index contributed by atoms with van der Waals surface area (Å²) in [5, 5.41) is 2.14. The molecule has 3 nitrogen and oxygen atoms in total. The van der Waals surface area contributed by atoms with Crippen molar-refractivity contribution in [2.75, 3.05) is 7.11 Å². The van der Waals surface area contributed by atoms with Crippen LogP contribution in [0.15, 0.2) is 35.7 Å². The average molecular weight is 316 g/mol.